The third kappa shape index (κ3) is 1.14. The van der Waals surface area contributed by atoms with Crippen molar-refractivity contribution in [2.24, 2.45) is 11.3 Å². The van der Waals surface area contributed by atoms with Crippen LogP contribution in [0.2, 0.25) is 0 Å². The number of ketones is 1. The summed E-state index contributed by atoms with van der Waals surface area (Å²) >= 11 is 0. The summed E-state index contributed by atoms with van der Waals surface area (Å²) in [5.74, 6) is 0.257. The molecule has 2 rings (SSSR count). The maximum atomic E-state index is 11.6. The van der Waals surface area contributed by atoms with Crippen molar-refractivity contribution in [3.05, 3.63) is 0 Å². The number of fused-ring (bicyclic) bond motifs is 1. The molecule has 2 N–H and O–H groups in total. The maximum Gasteiger partial charge on any atom is 0.139 e. The van der Waals surface area contributed by atoms with E-state index in [2.05, 4.69) is 0 Å². The Labute approximate surface area is 77.8 Å². The minimum atomic E-state index is -0.690. The van der Waals surface area contributed by atoms with Crippen LogP contribution in [0.4, 0.5) is 0 Å². The summed E-state index contributed by atoms with van der Waals surface area (Å²) in [5.41, 5.74) is -0.349. The number of carbonyl (C=O) groups excluding carboxylic acids is 1. The largest absolute Gasteiger partial charge is 0.390 e. The molecule has 74 valence electrons. The third-order valence-corrected chi connectivity index (χ3v) is 3.90. The second-order valence-electron chi connectivity index (χ2n) is 4.58. The first-order chi connectivity index (χ1) is 6.05. The average molecular weight is 184 g/mol. The van der Waals surface area contributed by atoms with Gasteiger partial charge in [-0.05, 0) is 19.3 Å². The molecule has 2 saturated carbocycles. The molecular weight excluding hydrogens is 168 g/mol. The van der Waals surface area contributed by atoms with E-state index >= 15 is 0 Å². The molecule has 2 aliphatic rings. The Morgan fingerprint density at radius 1 is 1.38 bits per heavy atom. The molecule has 13 heavy (non-hydrogen) atoms. The Hall–Kier alpha value is -0.410. The van der Waals surface area contributed by atoms with Gasteiger partial charge in [-0.3, -0.25) is 4.79 Å². The summed E-state index contributed by atoms with van der Waals surface area (Å²) in [5, 5.41) is 19.2. The van der Waals surface area contributed by atoms with Gasteiger partial charge in [0, 0.05) is 17.8 Å². The molecule has 3 heteroatoms. The zero-order valence-corrected chi connectivity index (χ0v) is 7.86. The van der Waals surface area contributed by atoms with E-state index in [0.29, 0.717) is 12.8 Å². The van der Waals surface area contributed by atoms with Crippen LogP contribution in [0.5, 0.6) is 0 Å². The number of carbonyl (C=O) groups is 1. The van der Waals surface area contributed by atoms with Gasteiger partial charge in [-0.15, -0.1) is 0 Å². The molecule has 0 saturated heterocycles. The van der Waals surface area contributed by atoms with Gasteiger partial charge in [0.1, 0.15) is 5.78 Å². The van der Waals surface area contributed by atoms with Crippen molar-refractivity contribution in [2.75, 3.05) is 0 Å². The van der Waals surface area contributed by atoms with Crippen molar-refractivity contribution >= 4 is 5.78 Å². The average Bonchev–Trinajstić information content (AvgIpc) is 2.39. The minimum absolute atomic E-state index is 0.0104. The minimum Gasteiger partial charge on any atom is -0.390 e. The van der Waals surface area contributed by atoms with E-state index in [4.69, 9.17) is 0 Å². The van der Waals surface area contributed by atoms with Crippen LogP contribution in [-0.4, -0.2) is 28.2 Å². The Balaban J connectivity index is 2.26. The number of aliphatic hydroxyl groups excluding tert-OH is 2. The quantitative estimate of drug-likeness (QED) is 0.576. The fourth-order valence-electron chi connectivity index (χ4n) is 2.86. The lowest BCUT2D eigenvalue weighted by atomic mass is 9.67. The lowest BCUT2D eigenvalue weighted by Crippen LogP contribution is -2.47. The molecule has 2 aliphatic carbocycles. The van der Waals surface area contributed by atoms with E-state index < -0.39 is 12.2 Å². The fraction of sp³-hybridized carbons (Fsp3) is 0.900. The Bertz CT molecular complexity index is 238. The van der Waals surface area contributed by atoms with Crippen LogP contribution in [0.15, 0.2) is 0 Å². The monoisotopic (exact) mass is 184 g/mol. The van der Waals surface area contributed by atoms with E-state index in [0.717, 1.165) is 12.8 Å². The van der Waals surface area contributed by atoms with Crippen LogP contribution >= 0.6 is 0 Å². The fourth-order valence-corrected chi connectivity index (χ4v) is 2.86. The van der Waals surface area contributed by atoms with Crippen LogP contribution < -0.4 is 0 Å². The third-order valence-electron chi connectivity index (χ3n) is 3.90. The predicted octanol–water partition coefficient (Wildman–Crippen LogP) is 0.487. The van der Waals surface area contributed by atoms with Gasteiger partial charge in [0.15, 0.2) is 0 Å². The molecule has 4 atom stereocenters. The van der Waals surface area contributed by atoms with Gasteiger partial charge in [-0.1, -0.05) is 6.92 Å². The first kappa shape index (κ1) is 9.16. The highest BCUT2D eigenvalue weighted by atomic mass is 16.3. The van der Waals surface area contributed by atoms with Gasteiger partial charge in [-0.2, -0.15) is 0 Å². The molecule has 0 unspecified atom stereocenters. The van der Waals surface area contributed by atoms with Crippen LogP contribution in [0.3, 0.4) is 0 Å². The highest BCUT2D eigenvalue weighted by Crippen LogP contribution is 2.49. The van der Waals surface area contributed by atoms with Crippen LogP contribution in [-0.2, 0) is 4.79 Å². The first-order valence-corrected chi connectivity index (χ1v) is 4.95. The lowest BCUT2D eigenvalue weighted by Gasteiger charge is -2.40. The normalized spacial score (nSPS) is 50.7. The molecule has 0 radical (unpaired) electrons. The summed E-state index contributed by atoms with van der Waals surface area (Å²) in [6, 6.07) is 0. The summed E-state index contributed by atoms with van der Waals surface area (Å²) in [6.45, 7) is 1.93. The molecule has 0 aromatic rings. The van der Waals surface area contributed by atoms with E-state index in [9.17, 15) is 15.0 Å². The number of hydrogen-bond donors (Lipinski definition) is 2. The van der Waals surface area contributed by atoms with E-state index in [1.54, 1.807) is 0 Å². The van der Waals surface area contributed by atoms with Crippen molar-refractivity contribution < 1.29 is 15.0 Å². The van der Waals surface area contributed by atoms with Gasteiger partial charge >= 0.3 is 0 Å². The van der Waals surface area contributed by atoms with Crippen molar-refractivity contribution in [2.45, 2.75) is 44.8 Å². The molecule has 0 heterocycles. The topological polar surface area (TPSA) is 57.5 Å². The summed E-state index contributed by atoms with van der Waals surface area (Å²) in [6.07, 6.45) is 1.29. The standard InChI is InChI=1S/C10H16O3/c1-10-5-4-7(11)9(13)6(10)2-3-8(10)12/h6-7,9,11,13H,2-5H2,1H3/t6-,7-,9+,10-/m0/s1. The van der Waals surface area contributed by atoms with Crippen molar-refractivity contribution in [1.29, 1.82) is 0 Å². The van der Waals surface area contributed by atoms with Gasteiger partial charge in [-0.25, -0.2) is 0 Å². The highest BCUT2D eigenvalue weighted by molar-refractivity contribution is 5.87. The van der Waals surface area contributed by atoms with Gasteiger partial charge in [0.2, 0.25) is 0 Å². The Morgan fingerprint density at radius 2 is 2.08 bits per heavy atom. The summed E-state index contributed by atoms with van der Waals surface area (Å²) in [4.78, 5) is 11.6. The summed E-state index contributed by atoms with van der Waals surface area (Å²) in [7, 11) is 0. The zero-order chi connectivity index (χ0) is 9.64. The highest BCUT2D eigenvalue weighted by Gasteiger charge is 2.53. The zero-order valence-electron chi connectivity index (χ0n) is 7.86. The van der Waals surface area contributed by atoms with Gasteiger partial charge in [0.05, 0.1) is 12.2 Å². The number of hydrogen-bond acceptors (Lipinski definition) is 3. The lowest BCUT2D eigenvalue weighted by molar-refractivity contribution is -0.136. The van der Waals surface area contributed by atoms with E-state index in [-0.39, 0.29) is 17.1 Å². The second kappa shape index (κ2) is 2.79. The molecule has 0 bridgehead atoms. The number of rotatable bonds is 0. The van der Waals surface area contributed by atoms with Crippen LogP contribution in [0.1, 0.15) is 32.6 Å². The van der Waals surface area contributed by atoms with Crippen LogP contribution in [0.25, 0.3) is 0 Å². The van der Waals surface area contributed by atoms with Crippen LogP contribution in [0, 0.1) is 11.3 Å². The van der Waals surface area contributed by atoms with Gasteiger partial charge in [0.25, 0.3) is 0 Å². The predicted molar refractivity (Wildman–Crippen MR) is 47.1 cm³/mol. The van der Waals surface area contributed by atoms with Crippen molar-refractivity contribution in [3.63, 3.8) is 0 Å². The maximum absolute atomic E-state index is 11.6. The number of aliphatic hydroxyl groups is 2. The van der Waals surface area contributed by atoms with Crippen molar-refractivity contribution in [1.82, 2.24) is 0 Å². The van der Waals surface area contributed by atoms with E-state index in [1.165, 1.54) is 0 Å². The molecule has 0 aliphatic heterocycles. The summed E-state index contributed by atoms with van der Waals surface area (Å²) < 4.78 is 0. The molecule has 2 fully saturated rings. The SMILES string of the molecule is C[C@]12CC[C@H](O)[C@H](O)[C@@H]1CCC2=O. The van der Waals surface area contributed by atoms with Crippen molar-refractivity contribution in [3.8, 4) is 0 Å². The second-order valence-corrected chi connectivity index (χ2v) is 4.58. The molecule has 0 spiro atoms. The van der Waals surface area contributed by atoms with E-state index in [1.807, 2.05) is 6.92 Å². The van der Waals surface area contributed by atoms with Gasteiger partial charge < -0.3 is 10.2 Å². The molecular formula is C10H16O3. The smallest absolute Gasteiger partial charge is 0.139 e. The Morgan fingerprint density at radius 3 is 2.77 bits per heavy atom. The number of Topliss-reactive ketones (excluding diaryl/α,β-unsaturated/α-hetero) is 1. The Kier molecular flexibility index (Phi) is 1.96. The molecule has 0 aromatic carbocycles. The molecule has 0 aromatic heterocycles. The molecule has 3 nitrogen and oxygen atoms in total. The first-order valence-electron chi connectivity index (χ1n) is 4.95. The molecule has 0 amide bonds.